The van der Waals surface area contributed by atoms with E-state index >= 15 is 0 Å². The summed E-state index contributed by atoms with van der Waals surface area (Å²) in [4.78, 5) is 16.8. The fourth-order valence-corrected chi connectivity index (χ4v) is 3.24. The fourth-order valence-electron chi connectivity index (χ4n) is 3.24. The van der Waals surface area contributed by atoms with Gasteiger partial charge in [0.2, 0.25) is 5.91 Å². The summed E-state index contributed by atoms with van der Waals surface area (Å²) in [5.74, 6) is 1.02. The van der Waals surface area contributed by atoms with E-state index in [0.29, 0.717) is 13.2 Å². The molecule has 0 atom stereocenters. The quantitative estimate of drug-likeness (QED) is 0.853. The Bertz CT molecular complexity index is 714. The van der Waals surface area contributed by atoms with Gasteiger partial charge >= 0.3 is 0 Å². The highest BCUT2D eigenvalue weighted by Crippen LogP contribution is 2.32. The molecule has 4 nitrogen and oxygen atoms in total. The number of fused-ring (bicyclic) bond motifs is 2. The molecule has 0 radical (unpaired) electrons. The number of carbonyl (C=O) groups excluding carboxylic acids is 1. The lowest BCUT2D eigenvalue weighted by Crippen LogP contribution is -2.43. The molecule has 1 amide bonds. The van der Waals surface area contributed by atoms with Crippen LogP contribution in [0, 0.1) is 0 Å². The number of rotatable bonds is 2. The molecular formula is C18H18N2O2. The minimum absolute atomic E-state index is 0.154. The maximum absolute atomic E-state index is 12.7. The van der Waals surface area contributed by atoms with Crippen LogP contribution in [-0.4, -0.2) is 32.1 Å². The smallest absolute Gasteiger partial charge is 0.246 e. The van der Waals surface area contributed by atoms with Gasteiger partial charge < -0.3 is 14.5 Å². The fraction of sp³-hybridized carbons (Fsp3) is 0.278. The van der Waals surface area contributed by atoms with E-state index in [1.165, 1.54) is 5.56 Å². The van der Waals surface area contributed by atoms with E-state index in [-0.39, 0.29) is 5.91 Å². The van der Waals surface area contributed by atoms with Crippen LogP contribution >= 0.6 is 0 Å². The number of nitrogens with zero attached hydrogens (tertiary/aromatic N) is 2. The summed E-state index contributed by atoms with van der Waals surface area (Å²) in [6.07, 6.45) is 0.946. The van der Waals surface area contributed by atoms with Crippen LogP contribution in [0.1, 0.15) is 5.56 Å². The summed E-state index contributed by atoms with van der Waals surface area (Å²) in [6.45, 7) is 2.55. The second-order valence-corrected chi connectivity index (χ2v) is 5.66. The lowest BCUT2D eigenvalue weighted by molar-refractivity contribution is -0.117. The molecule has 2 aromatic carbocycles. The number of para-hydroxylation sites is 3. The second-order valence-electron chi connectivity index (χ2n) is 5.66. The van der Waals surface area contributed by atoms with Gasteiger partial charge in [0.1, 0.15) is 12.4 Å². The van der Waals surface area contributed by atoms with Crippen LogP contribution in [0.3, 0.4) is 0 Å². The SMILES string of the molecule is O=C(CN1CCOc2ccccc21)N1CCc2ccccc21. The van der Waals surface area contributed by atoms with Crippen molar-refractivity contribution in [3.8, 4) is 5.75 Å². The molecular weight excluding hydrogens is 276 g/mol. The van der Waals surface area contributed by atoms with Crippen molar-refractivity contribution < 1.29 is 9.53 Å². The number of carbonyl (C=O) groups is 1. The van der Waals surface area contributed by atoms with Crippen LogP contribution in [0.2, 0.25) is 0 Å². The summed E-state index contributed by atoms with van der Waals surface area (Å²) in [7, 11) is 0. The Labute approximate surface area is 129 Å². The zero-order valence-corrected chi connectivity index (χ0v) is 12.4. The number of amides is 1. The zero-order chi connectivity index (χ0) is 14.9. The van der Waals surface area contributed by atoms with Crippen LogP contribution < -0.4 is 14.5 Å². The Morgan fingerprint density at radius 2 is 1.77 bits per heavy atom. The molecule has 0 bridgehead atoms. The van der Waals surface area contributed by atoms with Gasteiger partial charge in [-0.3, -0.25) is 4.79 Å². The molecule has 0 saturated carbocycles. The molecule has 2 heterocycles. The number of anilines is 2. The molecule has 112 valence electrons. The van der Waals surface area contributed by atoms with Gasteiger partial charge in [0.25, 0.3) is 0 Å². The highest BCUT2D eigenvalue weighted by atomic mass is 16.5. The van der Waals surface area contributed by atoms with Crippen molar-refractivity contribution in [1.82, 2.24) is 0 Å². The topological polar surface area (TPSA) is 32.8 Å². The number of hydrogen-bond acceptors (Lipinski definition) is 3. The summed E-state index contributed by atoms with van der Waals surface area (Å²) < 4.78 is 5.65. The van der Waals surface area contributed by atoms with Gasteiger partial charge in [-0.2, -0.15) is 0 Å². The van der Waals surface area contributed by atoms with Crippen molar-refractivity contribution in [3.05, 3.63) is 54.1 Å². The third-order valence-electron chi connectivity index (χ3n) is 4.34. The van der Waals surface area contributed by atoms with Gasteiger partial charge in [-0.15, -0.1) is 0 Å². The molecule has 0 aromatic heterocycles. The lowest BCUT2D eigenvalue weighted by Gasteiger charge is -2.32. The van der Waals surface area contributed by atoms with E-state index < -0.39 is 0 Å². The van der Waals surface area contributed by atoms with Crippen LogP contribution in [-0.2, 0) is 11.2 Å². The van der Waals surface area contributed by atoms with E-state index in [0.717, 1.165) is 36.6 Å². The van der Waals surface area contributed by atoms with Gasteiger partial charge in [-0.05, 0) is 30.2 Å². The van der Waals surface area contributed by atoms with Crippen molar-refractivity contribution in [1.29, 1.82) is 0 Å². The Morgan fingerprint density at radius 3 is 2.68 bits per heavy atom. The van der Waals surface area contributed by atoms with Gasteiger partial charge in [0.05, 0.1) is 18.8 Å². The van der Waals surface area contributed by atoms with Crippen LogP contribution in [0.15, 0.2) is 48.5 Å². The number of benzene rings is 2. The Morgan fingerprint density at radius 1 is 1.00 bits per heavy atom. The third kappa shape index (κ3) is 2.21. The average molecular weight is 294 g/mol. The highest BCUT2D eigenvalue weighted by Gasteiger charge is 2.27. The van der Waals surface area contributed by atoms with Gasteiger partial charge in [0, 0.05) is 12.2 Å². The van der Waals surface area contributed by atoms with Gasteiger partial charge in [-0.1, -0.05) is 30.3 Å². The predicted octanol–water partition coefficient (Wildman–Crippen LogP) is 2.47. The molecule has 0 N–H and O–H groups in total. The first kappa shape index (κ1) is 13.2. The van der Waals surface area contributed by atoms with Crippen molar-refractivity contribution in [2.24, 2.45) is 0 Å². The van der Waals surface area contributed by atoms with E-state index in [4.69, 9.17) is 4.74 Å². The normalized spacial score (nSPS) is 16.0. The lowest BCUT2D eigenvalue weighted by atomic mass is 10.2. The van der Waals surface area contributed by atoms with E-state index in [1.54, 1.807) is 0 Å². The summed E-state index contributed by atoms with van der Waals surface area (Å²) in [6, 6.07) is 16.1. The summed E-state index contributed by atoms with van der Waals surface area (Å²) in [5, 5.41) is 0. The average Bonchev–Trinajstić information content (AvgIpc) is 2.99. The van der Waals surface area contributed by atoms with Crippen molar-refractivity contribution in [2.45, 2.75) is 6.42 Å². The Balaban J connectivity index is 1.54. The third-order valence-corrected chi connectivity index (χ3v) is 4.34. The molecule has 2 aliphatic rings. The number of hydrogen-bond donors (Lipinski definition) is 0. The second kappa shape index (κ2) is 5.37. The Hall–Kier alpha value is -2.49. The zero-order valence-electron chi connectivity index (χ0n) is 12.4. The number of ether oxygens (including phenoxy) is 1. The summed E-state index contributed by atoms with van der Waals surface area (Å²) >= 11 is 0. The minimum Gasteiger partial charge on any atom is -0.490 e. The first-order valence-corrected chi connectivity index (χ1v) is 7.68. The Kier molecular flexibility index (Phi) is 3.22. The molecule has 0 saturated heterocycles. The van der Waals surface area contributed by atoms with Gasteiger partial charge in [-0.25, -0.2) is 0 Å². The molecule has 22 heavy (non-hydrogen) atoms. The maximum Gasteiger partial charge on any atom is 0.246 e. The van der Waals surface area contributed by atoms with Crippen LogP contribution in [0.25, 0.3) is 0 Å². The monoisotopic (exact) mass is 294 g/mol. The molecule has 0 unspecified atom stereocenters. The largest absolute Gasteiger partial charge is 0.490 e. The molecule has 0 aliphatic carbocycles. The van der Waals surface area contributed by atoms with Crippen LogP contribution in [0.4, 0.5) is 11.4 Å². The molecule has 0 fully saturated rings. The maximum atomic E-state index is 12.7. The highest BCUT2D eigenvalue weighted by molar-refractivity contribution is 5.98. The van der Waals surface area contributed by atoms with Crippen molar-refractivity contribution in [3.63, 3.8) is 0 Å². The summed E-state index contributed by atoms with van der Waals surface area (Å²) in [5.41, 5.74) is 3.34. The van der Waals surface area contributed by atoms with Gasteiger partial charge in [0.15, 0.2) is 0 Å². The predicted molar refractivity (Wildman–Crippen MR) is 86.6 cm³/mol. The first-order chi connectivity index (χ1) is 10.8. The van der Waals surface area contributed by atoms with E-state index in [9.17, 15) is 4.79 Å². The van der Waals surface area contributed by atoms with Crippen LogP contribution in [0.5, 0.6) is 5.75 Å². The molecule has 4 heteroatoms. The van der Waals surface area contributed by atoms with E-state index in [2.05, 4.69) is 11.0 Å². The van der Waals surface area contributed by atoms with Crippen molar-refractivity contribution >= 4 is 17.3 Å². The standard InChI is InChI=1S/C18H18N2O2/c21-18(20-10-9-14-5-1-2-6-15(14)20)13-19-11-12-22-17-8-4-3-7-16(17)19/h1-8H,9-13H2. The molecule has 4 rings (SSSR count). The van der Waals surface area contributed by atoms with Crippen molar-refractivity contribution in [2.75, 3.05) is 36.0 Å². The molecule has 0 spiro atoms. The van der Waals surface area contributed by atoms with E-state index in [1.807, 2.05) is 47.4 Å². The molecule has 2 aromatic rings. The molecule has 2 aliphatic heterocycles. The minimum atomic E-state index is 0.154. The first-order valence-electron chi connectivity index (χ1n) is 7.68.